The van der Waals surface area contributed by atoms with Gasteiger partial charge in [0.2, 0.25) is 0 Å². The van der Waals surface area contributed by atoms with Crippen LogP contribution in [0, 0.1) is 10.4 Å². The highest BCUT2D eigenvalue weighted by atomic mass is 35.5. The molecule has 24 heavy (non-hydrogen) atoms. The lowest BCUT2D eigenvalue weighted by Gasteiger charge is -2.12. The van der Waals surface area contributed by atoms with Crippen molar-refractivity contribution < 1.29 is 9.46 Å². The van der Waals surface area contributed by atoms with Crippen LogP contribution < -0.4 is 9.46 Å². The number of fused-ring (bicyclic) bond motifs is 1. The van der Waals surface area contributed by atoms with Gasteiger partial charge in [0.25, 0.3) is 16.7 Å². The van der Waals surface area contributed by atoms with Crippen molar-refractivity contribution in [2.45, 2.75) is 0 Å². The van der Waals surface area contributed by atoms with E-state index in [0.717, 1.165) is 14.3 Å². The molecular weight excluding hydrogens is 344 g/mol. The zero-order valence-electron chi connectivity index (χ0n) is 12.3. The quantitative estimate of drug-likeness (QED) is 0.401. The summed E-state index contributed by atoms with van der Waals surface area (Å²) in [5.74, 6) is 0. The van der Waals surface area contributed by atoms with Crippen LogP contribution in [0.2, 0.25) is 5.02 Å². The molecule has 0 aliphatic rings. The van der Waals surface area contributed by atoms with Gasteiger partial charge in [0.15, 0.2) is 0 Å². The van der Waals surface area contributed by atoms with E-state index in [9.17, 15) is 10.4 Å². The molecule has 0 bridgehead atoms. The highest BCUT2D eigenvalue weighted by Crippen LogP contribution is 2.31. The molecule has 0 aliphatic carbocycles. The summed E-state index contributed by atoms with van der Waals surface area (Å²) in [7, 11) is 0. The van der Waals surface area contributed by atoms with Crippen LogP contribution in [0.15, 0.2) is 66.0 Å². The van der Waals surface area contributed by atoms with Crippen molar-refractivity contribution in [3.05, 3.63) is 81.5 Å². The van der Waals surface area contributed by atoms with Gasteiger partial charge in [0.05, 0.1) is 5.56 Å². The Bertz CT molecular complexity index is 1030. The van der Waals surface area contributed by atoms with Gasteiger partial charge in [-0.3, -0.25) is 0 Å². The maximum absolute atomic E-state index is 13.1. The van der Waals surface area contributed by atoms with Gasteiger partial charge in [-0.2, -0.15) is 9.46 Å². The van der Waals surface area contributed by atoms with Crippen molar-refractivity contribution >= 4 is 34.0 Å². The Morgan fingerprint density at radius 2 is 1.54 bits per heavy atom. The number of halogens is 1. The molecule has 0 radical (unpaired) electrons. The lowest BCUT2D eigenvalue weighted by atomic mass is 10.1. The minimum Gasteiger partial charge on any atom is -0.617 e. The number of rotatable bonds is 2. The Morgan fingerprint density at radius 3 is 2.25 bits per heavy atom. The molecule has 0 saturated heterocycles. The van der Waals surface area contributed by atoms with E-state index in [1.54, 1.807) is 12.1 Å². The topological polar surface area (TPSA) is 53.9 Å². The van der Waals surface area contributed by atoms with Crippen molar-refractivity contribution in [3.63, 3.8) is 0 Å². The average Bonchev–Trinajstić information content (AvgIpc) is 3.12. The predicted molar refractivity (Wildman–Crippen MR) is 95.6 cm³/mol. The zero-order chi connectivity index (χ0) is 16.7. The van der Waals surface area contributed by atoms with Gasteiger partial charge in [-0.15, -0.1) is 11.3 Å². The Balaban J connectivity index is 2.19. The van der Waals surface area contributed by atoms with Crippen LogP contribution >= 0.6 is 22.9 Å². The Labute approximate surface area is 147 Å². The van der Waals surface area contributed by atoms with Crippen LogP contribution in [0.25, 0.3) is 32.9 Å². The van der Waals surface area contributed by atoms with E-state index in [1.165, 1.54) is 17.4 Å². The minimum absolute atomic E-state index is 0.247. The molecule has 0 aliphatic heterocycles. The van der Waals surface area contributed by atoms with Gasteiger partial charge in [-0.25, -0.2) is 0 Å². The number of benzene rings is 2. The second-order valence-corrected chi connectivity index (χ2v) is 6.65. The normalized spacial score (nSPS) is 11.0. The molecule has 4 rings (SSSR count). The van der Waals surface area contributed by atoms with Gasteiger partial charge >= 0.3 is 5.69 Å². The summed E-state index contributed by atoms with van der Waals surface area (Å²) in [6.07, 6.45) is 0. The van der Waals surface area contributed by atoms with Crippen molar-refractivity contribution in [1.29, 1.82) is 0 Å². The lowest BCUT2D eigenvalue weighted by molar-refractivity contribution is -0.612. The molecule has 0 saturated carbocycles. The van der Waals surface area contributed by atoms with Gasteiger partial charge in [-0.05, 0) is 29.6 Å². The Morgan fingerprint density at radius 1 is 0.792 bits per heavy atom. The first-order valence-electron chi connectivity index (χ1n) is 7.24. The fraction of sp³-hybridized carbons (Fsp3) is 0. The third-order valence-corrected chi connectivity index (χ3v) is 4.92. The molecule has 0 atom stereocenters. The van der Waals surface area contributed by atoms with Crippen LogP contribution in [0.3, 0.4) is 0 Å². The molecule has 4 nitrogen and oxygen atoms in total. The number of nitrogens with zero attached hydrogens (tertiary/aromatic N) is 2. The maximum Gasteiger partial charge on any atom is 0.308 e. The number of thiophene rings is 1. The van der Waals surface area contributed by atoms with Crippen LogP contribution in [-0.2, 0) is 0 Å². The maximum atomic E-state index is 13.1. The Hall–Kier alpha value is -2.63. The van der Waals surface area contributed by atoms with Gasteiger partial charge < -0.3 is 10.4 Å². The molecule has 2 aromatic carbocycles. The second kappa shape index (κ2) is 5.78. The van der Waals surface area contributed by atoms with E-state index in [0.29, 0.717) is 22.0 Å². The summed E-state index contributed by atoms with van der Waals surface area (Å²) >= 11 is 7.44. The van der Waals surface area contributed by atoms with Crippen LogP contribution in [0.5, 0.6) is 0 Å². The molecule has 0 unspecified atom stereocenters. The third-order valence-electron chi connectivity index (χ3n) is 3.81. The first-order chi connectivity index (χ1) is 11.7. The van der Waals surface area contributed by atoms with Gasteiger partial charge in [0.1, 0.15) is 4.88 Å². The summed E-state index contributed by atoms with van der Waals surface area (Å²) in [5, 5.41) is 28.4. The fourth-order valence-electron chi connectivity index (χ4n) is 2.74. The van der Waals surface area contributed by atoms with E-state index in [2.05, 4.69) is 0 Å². The molecule has 0 fully saturated rings. The van der Waals surface area contributed by atoms with Crippen molar-refractivity contribution in [1.82, 2.24) is 0 Å². The summed E-state index contributed by atoms with van der Waals surface area (Å²) in [6, 6.07) is 17.6. The SMILES string of the molecule is [O-][n+]1c(-c2ccccc2)c(-c2cccs2)[n+]([O-])c2ccc(Cl)cc21. The zero-order valence-corrected chi connectivity index (χ0v) is 13.9. The first kappa shape index (κ1) is 14.9. The van der Waals surface area contributed by atoms with Crippen LogP contribution in [0.4, 0.5) is 0 Å². The van der Waals surface area contributed by atoms with Gasteiger partial charge in [-0.1, -0.05) is 35.9 Å². The van der Waals surface area contributed by atoms with E-state index in [-0.39, 0.29) is 11.0 Å². The molecule has 6 heteroatoms. The van der Waals surface area contributed by atoms with Crippen LogP contribution in [-0.4, -0.2) is 0 Å². The third kappa shape index (κ3) is 2.29. The molecule has 0 amide bonds. The molecule has 118 valence electrons. The van der Waals surface area contributed by atoms with Crippen molar-refractivity contribution in [2.24, 2.45) is 0 Å². The fourth-order valence-corrected chi connectivity index (χ4v) is 3.66. The average molecular weight is 355 g/mol. The molecule has 0 N–H and O–H groups in total. The lowest BCUT2D eigenvalue weighted by Crippen LogP contribution is -2.42. The molecule has 2 heterocycles. The number of hydrogen-bond donors (Lipinski definition) is 0. The largest absolute Gasteiger partial charge is 0.617 e. The summed E-state index contributed by atoms with van der Waals surface area (Å²) in [6.45, 7) is 0. The van der Waals surface area contributed by atoms with E-state index in [4.69, 9.17) is 11.6 Å². The summed E-state index contributed by atoms with van der Waals surface area (Å²) in [5.41, 5.74) is 1.89. The van der Waals surface area contributed by atoms with Crippen LogP contribution in [0.1, 0.15) is 0 Å². The summed E-state index contributed by atoms with van der Waals surface area (Å²) in [4.78, 5) is 0.741. The molecule has 0 spiro atoms. The smallest absolute Gasteiger partial charge is 0.308 e. The second-order valence-electron chi connectivity index (χ2n) is 5.26. The predicted octanol–water partition coefficient (Wildman–Crippen LogP) is 4.16. The monoisotopic (exact) mass is 354 g/mol. The van der Waals surface area contributed by atoms with Crippen molar-refractivity contribution in [2.75, 3.05) is 0 Å². The number of aromatic nitrogens is 2. The standard InChI is InChI=1S/C18H11ClN2O2S/c19-13-8-9-14-15(11-13)21(23)17(12-5-2-1-3-6-12)18(20(14)22)16-7-4-10-24-16/h1-11H. The molecular formula is C18H11ClN2O2S. The van der Waals surface area contributed by atoms with E-state index < -0.39 is 0 Å². The summed E-state index contributed by atoms with van der Waals surface area (Å²) < 4.78 is 1.61. The Kier molecular flexibility index (Phi) is 3.59. The minimum atomic E-state index is 0.247. The molecule has 2 aromatic heterocycles. The van der Waals surface area contributed by atoms with E-state index in [1.807, 2.05) is 47.8 Å². The van der Waals surface area contributed by atoms with E-state index >= 15 is 0 Å². The van der Waals surface area contributed by atoms with Gasteiger partial charge in [0, 0.05) is 17.2 Å². The van der Waals surface area contributed by atoms with Crippen molar-refractivity contribution in [3.8, 4) is 21.8 Å². The number of hydrogen-bond acceptors (Lipinski definition) is 3. The highest BCUT2D eigenvalue weighted by Gasteiger charge is 2.31. The first-order valence-corrected chi connectivity index (χ1v) is 8.50. The molecule has 4 aromatic rings. The highest BCUT2D eigenvalue weighted by molar-refractivity contribution is 7.13.